The maximum absolute atomic E-state index is 12.2. The Morgan fingerprint density at radius 1 is 1.27 bits per heavy atom. The number of amides is 1. The second-order valence-corrected chi connectivity index (χ2v) is 9.11. The Labute approximate surface area is 135 Å². The highest BCUT2D eigenvalue weighted by Crippen LogP contribution is 2.19. The molecule has 0 aromatic carbocycles. The van der Waals surface area contributed by atoms with Gasteiger partial charge in [0.15, 0.2) is 9.84 Å². The van der Waals surface area contributed by atoms with Gasteiger partial charge in [-0.2, -0.15) is 11.3 Å². The lowest BCUT2D eigenvalue weighted by Gasteiger charge is -2.37. The van der Waals surface area contributed by atoms with Crippen LogP contribution in [-0.4, -0.2) is 67.9 Å². The van der Waals surface area contributed by atoms with Crippen LogP contribution < -0.4 is 0 Å². The average molecular weight is 342 g/mol. The third kappa shape index (κ3) is 3.88. The predicted molar refractivity (Wildman–Crippen MR) is 87.9 cm³/mol. The van der Waals surface area contributed by atoms with Crippen molar-refractivity contribution in [1.29, 1.82) is 0 Å². The molecule has 3 rings (SSSR count). The van der Waals surface area contributed by atoms with Crippen LogP contribution in [0.4, 0.5) is 0 Å². The van der Waals surface area contributed by atoms with E-state index in [9.17, 15) is 13.2 Å². The lowest BCUT2D eigenvalue weighted by Crippen LogP contribution is -2.52. The molecule has 3 heterocycles. The Bertz CT molecular complexity index is 605. The highest BCUT2D eigenvalue weighted by Gasteiger charge is 2.34. The van der Waals surface area contributed by atoms with E-state index in [4.69, 9.17) is 0 Å². The summed E-state index contributed by atoms with van der Waals surface area (Å²) in [5.41, 5.74) is 1.23. The Balaban J connectivity index is 1.44. The first kappa shape index (κ1) is 16.0. The van der Waals surface area contributed by atoms with E-state index in [0.29, 0.717) is 17.9 Å². The fourth-order valence-corrected chi connectivity index (χ4v) is 5.71. The van der Waals surface area contributed by atoms with Crippen molar-refractivity contribution in [2.24, 2.45) is 0 Å². The molecular formula is C15H22N2O3S2. The van der Waals surface area contributed by atoms with Gasteiger partial charge in [0, 0.05) is 38.6 Å². The van der Waals surface area contributed by atoms with Crippen molar-refractivity contribution in [3.63, 3.8) is 0 Å². The van der Waals surface area contributed by atoms with Crippen LogP contribution in [0.15, 0.2) is 16.8 Å². The summed E-state index contributed by atoms with van der Waals surface area (Å²) in [5.74, 6) is 0.821. The largest absolute Gasteiger partial charge is 0.340 e. The molecule has 1 aromatic rings. The number of rotatable bonds is 4. The average Bonchev–Trinajstić information content (AvgIpc) is 3.14. The summed E-state index contributed by atoms with van der Waals surface area (Å²) in [4.78, 5) is 16.4. The maximum atomic E-state index is 12.2. The van der Waals surface area contributed by atoms with Gasteiger partial charge in [-0.1, -0.05) is 0 Å². The molecule has 1 aromatic heterocycles. The van der Waals surface area contributed by atoms with Gasteiger partial charge in [-0.3, -0.25) is 9.69 Å². The van der Waals surface area contributed by atoms with Gasteiger partial charge in [-0.15, -0.1) is 0 Å². The number of thiophene rings is 1. The van der Waals surface area contributed by atoms with Gasteiger partial charge in [0.2, 0.25) is 5.91 Å². The molecule has 0 bridgehead atoms. The van der Waals surface area contributed by atoms with Crippen LogP contribution in [-0.2, 0) is 21.1 Å². The first-order valence-electron chi connectivity index (χ1n) is 7.77. The van der Waals surface area contributed by atoms with E-state index in [1.165, 1.54) is 5.56 Å². The molecule has 1 atom stereocenters. The normalized spacial score (nSPS) is 25.5. The number of carbonyl (C=O) groups is 1. The fourth-order valence-electron chi connectivity index (χ4n) is 3.24. The second-order valence-electron chi connectivity index (χ2n) is 6.11. The zero-order valence-electron chi connectivity index (χ0n) is 12.6. The van der Waals surface area contributed by atoms with E-state index >= 15 is 0 Å². The lowest BCUT2D eigenvalue weighted by molar-refractivity contribution is -0.133. The van der Waals surface area contributed by atoms with Crippen molar-refractivity contribution >= 4 is 27.1 Å². The number of hydrogen-bond acceptors (Lipinski definition) is 5. The Morgan fingerprint density at radius 3 is 2.64 bits per heavy atom. The Hall–Kier alpha value is -0.920. The number of hydrogen-bond donors (Lipinski definition) is 0. The zero-order valence-corrected chi connectivity index (χ0v) is 14.2. The highest BCUT2D eigenvalue weighted by molar-refractivity contribution is 7.91. The quantitative estimate of drug-likeness (QED) is 0.819. The number of piperazine rings is 1. The molecule has 2 fully saturated rings. The molecular weight excluding hydrogens is 320 g/mol. The summed E-state index contributed by atoms with van der Waals surface area (Å²) in [5, 5.41) is 4.12. The van der Waals surface area contributed by atoms with Crippen molar-refractivity contribution in [1.82, 2.24) is 9.80 Å². The van der Waals surface area contributed by atoms with Crippen LogP contribution in [0.5, 0.6) is 0 Å². The van der Waals surface area contributed by atoms with Crippen molar-refractivity contribution in [2.45, 2.75) is 25.3 Å². The van der Waals surface area contributed by atoms with E-state index in [-0.39, 0.29) is 11.9 Å². The SMILES string of the molecule is O=C(CCc1ccsc1)N1CCN([C@H]2CCS(=O)(=O)C2)CC1. The molecule has 0 aliphatic carbocycles. The van der Waals surface area contributed by atoms with Gasteiger partial charge in [0.05, 0.1) is 11.5 Å². The summed E-state index contributed by atoms with van der Waals surface area (Å²) in [6.45, 7) is 3.03. The van der Waals surface area contributed by atoms with Gasteiger partial charge in [-0.25, -0.2) is 8.42 Å². The van der Waals surface area contributed by atoms with E-state index in [1.807, 2.05) is 10.3 Å². The van der Waals surface area contributed by atoms with Crippen LogP contribution in [0, 0.1) is 0 Å². The van der Waals surface area contributed by atoms with Crippen molar-refractivity contribution in [3.05, 3.63) is 22.4 Å². The summed E-state index contributed by atoms with van der Waals surface area (Å²) in [7, 11) is -2.83. The summed E-state index contributed by atoms with van der Waals surface area (Å²) >= 11 is 1.66. The van der Waals surface area contributed by atoms with E-state index in [2.05, 4.69) is 16.3 Å². The van der Waals surface area contributed by atoms with E-state index < -0.39 is 9.84 Å². The Morgan fingerprint density at radius 2 is 2.05 bits per heavy atom. The van der Waals surface area contributed by atoms with E-state index in [1.54, 1.807) is 11.3 Å². The van der Waals surface area contributed by atoms with Crippen LogP contribution in [0.3, 0.4) is 0 Å². The first-order chi connectivity index (χ1) is 10.5. The van der Waals surface area contributed by atoms with Gasteiger partial charge < -0.3 is 4.90 Å². The van der Waals surface area contributed by atoms with Gasteiger partial charge >= 0.3 is 0 Å². The first-order valence-corrected chi connectivity index (χ1v) is 10.5. The number of aryl methyl sites for hydroxylation is 1. The third-order valence-corrected chi connectivity index (χ3v) is 7.08. The number of nitrogens with zero attached hydrogens (tertiary/aromatic N) is 2. The second kappa shape index (κ2) is 6.68. The summed E-state index contributed by atoms with van der Waals surface area (Å²) in [6, 6.07) is 2.23. The number of sulfone groups is 1. The molecule has 0 saturated carbocycles. The highest BCUT2D eigenvalue weighted by atomic mass is 32.2. The van der Waals surface area contributed by atoms with Crippen LogP contribution >= 0.6 is 11.3 Å². The Kier molecular flexibility index (Phi) is 4.84. The maximum Gasteiger partial charge on any atom is 0.222 e. The van der Waals surface area contributed by atoms with Crippen LogP contribution in [0.2, 0.25) is 0 Å². The van der Waals surface area contributed by atoms with Crippen molar-refractivity contribution in [2.75, 3.05) is 37.7 Å². The molecule has 5 nitrogen and oxygen atoms in total. The van der Waals surface area contributed by atoms with Crippen LogP contribution in [0.1, 0.15) is 18.4 Å². The van der Waals surface area contributed by atoms with Crippen molar-refractivity contribution < 1.29 is 13.2 Å². The molecule has 2 saturated heterocycles. The molecule has 0 radical (unpaired) electrons. The molecule has 2 aliphatic rings. The topological polar surface area (TPSA) is 57.7 Å². The molecule has 7 heteroatoms. The minimum Gasteiger partial charge on any atom is -0.340 e. The van der Waals surface area contributed by atoms with Crippen LogP contribution in [0.25, 0.3) is 0 Å². The smallest absolute Gasteiger partial charge is 0.222 e. The van der Waals surface area contributed by atoms with Gasteiger partial charge in [0.25, 0.3) is 0 Å². The molecule has 2 aliphatic heterocycles. The number of carbonyl (C=O) groups excluding carboxylic acids is 1. The fraction of sp³-hybridized carbons (Fsp3) is 0.667. The molecule has 1 amide bonds. The monoisotopic (exact) mass is 342 g/mol. The molecule has 122 valence electrons. The van der Waals surface area contributed by atoms with Crippen molar-refractivity contribution in [3.8, 4) is 0 Å². The third-order valence-electron chi connectivity index (χ3n) is 4.60. The molecule has 0 N–H and O–H groups in total. The lowest BCUT2D eigenvalue weighted by atomic mass is 10.1. The minimum absolute atomic E-state index is 0.160. The minimum atomic E-state index is -2.83. The zero-order chi connectivity index (χ0) is 15.6. The van der Waals surface area contributed by atoms with Gasteiger partial charge in [-0.05, 0) is 35.2 Å². The molecule has 22 heavy (non-hydrogen) atoms. The summed E-state index contributed by atoms with van der Waals surface area (Å²) < 4.78 is 23.1. The van der Waals surface area contributed by atoms with Gasteiger partial charge in [0.1, 0.15) is 0 Å². The molecule has 0 spiro atoms. The summed E-state index contributed by atoms with van der Waals surface area (Å²) in [6.07, 6.45) is 2.12. The molecule has 0 unspecified atom stereocenters. The van der Waals surface area contributed by atoms with E-state index in [0.717, 1.165) is 39.0 Å². The standard InChI is InChI=1S/C15H22N2O3S2/c18-15(2-1-13-3-9-21-11-13)17-7-5-16(6-8-17)14-4-10-22(19,20)12-14/h3,9,11,14H,1-2,4-8,10,12H2/t14-/m0/s1. The predicted octanol–water partition coefficient (Wildman–Crippen LogP) is 1.01.